The molecule has 0 aromatic heterocycles. The summed E-state index contributed by atoms with van der Waals surface area (Å²) in [6, 6.07) is 5.41. The first-order chi connectivity index (χ1) is 8.00. The van der Waals surface area contributed by atoms with Crippen LogP contribution in [-0.2, 0) is 0 Å². The fourth-order valence-corrected chi connectivity index (χ4v) is 1.81. The highest BCUT2D eigenvalue weighted by Gasteiger charge is 2.06. The molecule has 0 aliphatic heterocycles. The Morgan fingerprint density at radius 2 is 2.00 bits per heavy atom. The van der Waals surface area contributed by atoms with Gasteiger partial charge in [-0.1, -0.05) is 31.5 Å². The van der Waals surface area contributed by atoms with Crippen molar-refractivity contribution in [3.05, 3.63) is 28.8 Å². The van der Waals surface area contributed by atoms with Crippen molar-refractivity contribution in [1.29, 1.82) is 0 Å². The fraction of sp³-hybridized carbons (Fsp3) is 0.571. The average Bonchev–Trinajstić information content (AvgIpc) is 2.25. The Hall–Kier alpha value is -0.730. The third-order valence-corrected chi connectivity index (χ3v) is 2.92. The average molecular weight is 257 g/mol. The number of aliphatic hydroxyl groups is 1. The highest BCUT2D eigenvalue weighted by molar-refractivity contribution is 6.32. The van der Waals surface area contributed by atoms with Crippen molar-refractivity contribution in [1.82, 2.24) is 0 Å². The van der Waals surface area contributed by atoms with Crippen LogP contribution in [0.15, 0.2) is 18.2 Å². The number of hydrogen-bond acceptors (Lipinski definition) is 2. The number of benzene rings is 1. The summed E-state index contributed by atoms with van der Waals surface area (Å²) in [4.78, 5) is 0. The minimum absolute atomic E-state index is 0.498. The predicted octanol–water partition coefficient (Wildman–Crippen LogP) is 4.21. The van der Waals surface area contributed by atoms with Gasteiger partial charge in [0.2, 0.25) is 0 Å². The molecule has 0 saturated carbocycles. The summed E-state index contributed by atoms with van der Waals surface area (Å²) >= 11 is 6.08. The van der Waals surface area contributed by atoms with E-state index in [-0.39, 0.29) is 0 Å². The predicted molar refractivity (Wildman–Crippen MR) is 71.7 cm³/mol. The summed E-state index contributed by atoms with van der Waals surface area (Å²) in [6.07, 6.45) is 1.69. The van der Waals surface area contributed by atoms with E-state index in [1.165, 1.54) is 0 Å². The molecule has 0 aliphatic rings. The highest BCUT2D eigenvalue weighted by Crippen LogP contribution is 2.28. The molecule has 1 rings (SSSR count). The number of aliphatic hydroxyl groups excluding tert-OH is 1. The maximum atomic E-state index is 9.41. The molecule has 1 aromatic rings. The number of rotatable bonds is 6. The molecule has 2 nitrogen and oxygen atoms in total. The molecule has 0 unspecified atom stereocenters. The molecule has 0 spiro atoms. The van der Waals surface area contributed by atoms with Crippen LogP contribution in [0, 0.1) is 5.92 Å². The Bertz CT molecular complexity index is 348. The number of hydrogen-bond donors (Lipinski definition) is 1. The van der Waals surface area contributed by atoms with Crippen LogP contribution in [-0.4, -0.2) is 11.7 Å². The molecular formula is C14H21ClO2. The third-order valence-electron chi connectivity index (χ3n) is 2.62. The zero-order chi connectivity index (χ0) is 12.8. The molecule has 0 bridgehead atoms. The quantitative estimate of drug-likeness (QED) is 0.773. The van der Waals surface area contributed by atoms with Crippen molar-refractivity contribution in [3.63, 3.8) is 0 Å². The number of ether oxygens (including phenoxy) is 1. The van der Waals surface area contributed by atoms with E-state index in [4.69, 9.17) is 16.3 Å². The summed E-state index contributed by atoms with van der Waals surface area (Å²) in [5, 5.41) is 9.98. The molecule has 0 fully saturated rings. The molecule has 0 heterocycles. The third kappa shape index (κ3) is 4.97. The van der Waals surface area contributed by atoms with Crippen LogP contribution in [0.5, 0.6) is 5.75 Å². The van der Waals surface area contributed by atoms with E-state index in [9.17, 15) is 5.11 Å². The second-order valence-electron chi connectivity index (χ2n) is 4.75. The molecule has 3 heteroatoms. The monoisotopic (exact) mass is 256 g/mol. The molecule has 1 N–H and O–H groups in total. The van der Waals surface area contributed by atoms with E-state index in [0.29, 0.717) is 23.3 Å². The standard InChI is InChI=1S/C14H21ClO2/c1-10(2)5-4-8-17-14-7-6-12(11(3)16)9-13(14)15/h6-7,9-11,16H,4-5,8H2,1-3H3/t11-/m0/s1. The number of halogens is 1. The Labute approximate surface area is 109 Å². The summed E-state index contributed by atoms with van der Waals surface area (Å²) in [7, 11) is 0. The maximum absolute atomic E-state index is 9.41. The molecular weight excluding hydrogens is 236 g/mol. The van der Waals surface area contributed by atoms with Gasteiger partial charge >= 0.3 is 0 Å². The van der Waals surface area contributed by atoms with Gasteiger partial charge in [0, 0.05) is 0 Å². The molecule has 0 amide bonds. The van der Waals surface area contributed by atoms with E-state index in [2.05, 4.69) is 13.8 Å². The van der Waals surface area contributed by atoms with Crippen molar-refractivity contribution < 1.29 is 9.84 Å². The van der Waals surface area contributed by atoms with Crippen molar-refractivity contribution in [2.75, 3.05) is 6.61 Å². The molecule has 0 saturated heterocycles. The Kier molecular flexibility index (Phi) is 5.79. The van der Waals surface area contributed by atoms with Crippen LogP contribution in [0.3, 0.4) is 0 Å². The SMILES string of the molecule is CC(C)CCCOc1ccc([C@H](C)O)cc1Cl. The van der Waals surface area contributed by atoms with Crippen LogP contribution in [0.25, 0.3) is 0 Å². The summed E-state index contributed by atoms with van der Waals surface area (Å²) < 4.78 is 5.61. The van der Waals surface area contributed by atoms with E-state index in [1.807, 2.05) is 12.1 Å². The first-order valence-electron chi connectivity index (χ1n) is 6.11. The van der Waals surface area contributed by atoms with Gasteiger partial charge in [0.05, 0.1) is 17.7 Å². The van der Waals surface area contributed by atoms with Gasteiger partial charge in [-0.3, -0.25) is 0 Å². The van der Waals surface area contributed by atoms with Gasteiger partial charge in [0.1, 0.15) is 5.75 Å². The van der Waals surface area contributed by atoms with Crippen molar-refractivity contribution in [3.8, 4) is 5.75 Å². The van der Waals surface area contributed by atoms with E-state index in [0.717, 1.165) is 18.4 Å². The van der Waals surface area contributed by atoms with Crippen molar-refractivity contribution >= 4 is 11.6 Å². The van der Waals surface area contributed by atoms with Crippen LogP contribution in [0.1, 0.15) is 45.3 Å². The summed E-state index contributed by atoms with van der Waals surface area (Å²) in [6.45, 7) is 6.80. The minimum atomic E-state index is -0.498. The lowest BCUT2D eigenvalue weighted by Gasteiger charge is -2.11. The molecule has 1 atom stereocenters. The zero-order valence-electron chi connectivity index (χ0n) is 10.7. The van der Waals surface area contributed by atoms with E-state index in [1.54, 1.807) is 13.0 Å². The second-order valence-corrected chi connectivity index (χ2v) is 5.16. The Morgan fingerprint density at radius 1 is 1.29 bits per heavy atom. The molecule has 96 valence electrons. The van der Waals surface area contributed by atoms with Gasteiger partial charge in [0.15, 0.2) is 0 Å². The first kappa shape index (κ1) is 14.3. The lowest BCUT2D eigenvalue weighted by Crippen LogP contribution is -2.00. The first-order valence-corrected chi connectivity index (χ1v) is 6.48. The van der Waals surface area contributed by atoms with Gasteiger partial charge in [-0.15, -0.1) is 0 Å². The smallest absolute Gasteiger partial charge is 0.137 e. The highest BCUT2D eigenvalue weighted by atomic mass is 35.5. The molecule has 0 radical (unpaired) electrons. The van der Waals surface area contributed by atoms with Crippen LogP contribution < -0.4 is 4.74 Å². The second kappa shape index (κ2) is 6.87. The summed E-state index contributed by atoms with van der Waals surface area (Å²) in [5.41, 5.74) is 0.810. The van der Waals surface area contributed by atoms with Gasteiger partial charge in [-0.25, -0.2) is 0 Å². The van der Waals surface area contributed by atoms with Gasteiger partial charge in [-0.05, 0) is 43.4 Å². The zero-order valence-corrected chi connectivity index (χ0v) is 11.5. The van der Waals surface area contributed by atoms with Crippen LogP contribution in [0.4, 0.5) is 0 Å². The van der Waals surface area contributed by atoms with Crippen molar-refractivity contribution in [2.24, 2.45) is 5.92 Å². The normalized spacial score (nSPS) is 12.8. The van der Waals surface area contributed by atoms with Gasteiger partial charge in [-0.2, -0.15) is 0 Å². The van der Waals surface area contributed by atoms with E-state index < -0.39 is 6.10 Å². The molecule has 1 aromatic carbocycles. The fourth-order valence-electron chi connectivity index (χ4n) is 1.57. The Balaban J connectivity index is 2.49. The van der Waals surface area contributed by atoms with Crippen LogP contribution in [0.2, 0.25) is 5.02 Å². The lowest BCUT2D eigenvalue weighted by atomic mass is 10.1. The molecule has 0 aliphatic carbocycles. The van der Waals surface area contributed by atoms with E-state index >= 15 is 0 Å². The van der Waals surface area contributed by atoms with Crippen molar-refractivity contribution in [2.45, 2.75) is 39.7 Å². The largest absolute Gasteiger partial charge is 0.492 e. The van der Waals surface area contributed by atoms with Gasteiger partial charge in [0.25, 0.3) is 0 Å². The maximum Gasteiger partial charge on any atom is 0.137 e. The summed E-state index contributed by atoms with van der Waals surface area (Å²) in [5.74, 6) is 1.39. The Morgan fingerprint density at radius 3 is 2.53 bits per heavy atom. The minimum Gasteiger partial charge on any atom is -0.492 e. The van der Waals surface area contributed by atoms with Crippen LogP contribution >= 0.6 is 11.6 Å². The lowest BCUT2D eigenvalue weighted by molar-refractivity contribution is 0.199. The topological polar surface area (TPSA) is 29.5 Å². The van der Waals surface area contributed by atoms with Gasteiger partial charge < -0.3 is 9.84 Å². The molecule has 17 heavy (non-hydrogen) atoms.